The summed E-state index contributed by atoms with van der Waals surface area (Å²) >= 11 is 0. The van der Waals surface area contributed by atoms with E-state index in [-0.39, 0.29) is 24.0 Å². The number of hydrogen-bond acceptors (Lipinski definition) is 3. The number of benzene rings is 1. The van der Waals surface area contributed by atoms with Gasteiger partial charge in [-0.3, -0.25) is 4.99 Å². The van der Waals surface area contributed by atoms with E-state index in [9.17, 15) is 0 Å². The van der Waals surface area contributed by atoms with E-state index in [0.717, 1.165) is 64.7 Å². The minimum Gasteiger partial charge on any atom is -0.381 e. The molecule has 1 atom stereocenters. The zero-order chi connectivity index (χ0) is 17.3. The van der Waals surface area contributed by atoms with Crippen molar-refractivity contribution in [2.75, 3.05) is 46.5 Å². The highest BCUT2D eigenvalue weighted by Gasteiger charge is 2.25. The third kappa shape index (κ3) is 6.39. The lowest BCUT2D eigenvalue weighted by atomic mass is 9.99. The molecule has 2 fully saturated rings. The SMILES string of the molecule is CN=C(NCCCOC1CCOCC1)N1CCC(c2ccccc2)C1.I. The van der Waals surface area contributed by atoms with Crippen molar-refractivity contribution in [1.29, 1.82) is 0 Å². The van der Waals surface area contributed by atoms with Gasteiger partial charge < -0.3 is 19.7 Å². The van der Waals surface area contributed by atoms with Crippen LogP contribution in [0.1, 0.15) is 37.2 Å². The van der Waals surface area contributed by atoms with Crippen LogP contribution in [-0.2, 0) is 9.47 Å². The molecule has 0 spiro atoms. The molecule has 2 aliphatic heterocycles. The number of hydrogen-bond donors (Lipinski definition) is 1. The number of aliphatic imine (C=N–C) groups is 1. The van der Waals surface area contributed by atoms with E-state index in [1.807, 2.05) is 7.05 Å². The topological polar surface area (TPSA) is 46.1 Å². The van der Waals surface area contributed by atoms with Gasteiger partial charge in [0.05, 0.1) is 6.10 Å². The van der Waals surface area contributed by atoms with Crippen molar-refractivity contribution < 1.29 is 9.47 Å². The minimum atomic E-state index is 0. The average molecular weight is 473 g/mol. The average Bonchev–Trinajstić information content (AvgIpc) is 3.16. The van der Waals surface area contributed by atoms with Gasteiger partial charge in [0, 0.05) is 52.4 Å². The van der Waals surface area contributed by atoms with Crippen molar-refractivity contribution in [2.45, 2.75) is 37.7 Å². The zero-order valence-electron chi connectivity index (χ0n) is 15.7. The second kappa shape index (κ2) is 11.8. The third-order valence-corrected chi connectivity index (χ3v) is 5.10. The molecule has 0 radical (unpaired) electrons. The van der Waals surface area contributed by atoms with Gasteiger partial charge in [0.25, 0.3) is 0 Å². The summed E-state index contributed by atoms with van der Waals surface area (Å²) in [4.78, 5) is 6.83. The van der Waals surface area contributed by atoms with Crippen LogP contribution in [0.5, 0.6) is 0 Å². The van der Waals surface area contributed by atoms with Gasteiger partial charge in [0.15, 0.2) is 5.96 Å². The fraction of sp³-hybridized carbons (Fsp3) is 0.650. The molecule has 0 amide bonds. The summed E-state index contributed by atoms with van der Waals surface area (Å²) in [6.07, 6.45) is 4.65. The quantitative estimate of drug-likeness (QED) is 0.298. The molecule has 0 bridgehead atoms. The van der Waals surface area contributed by atoms with Gasteiger partial charge in [-0.2, -0.15) is 0 Å². The Hall–Kier alpha value is -0.860. The van der Waals surface area contributed by atoms with Crippen LogP contribution in [0.4, 0.5) is 0 Å². The lowest BCUT2D eigenvalue weighted by molar-refractivity contribution is -0.0320. The summed E-state index contributed by atoms with van der Waals surface area (Å²) < 4.78 is 11.3. The molecule has 0 aliphatic carbocycles. The summed E-state index contributed by atoms with van der Waals surface area (Å²) in [5, 5.41) is 3.49. The predicted octanol–water partition coefficient (Wildman–Crippen LogP) is 3.26. The highest BCUT2D eigenvalue weighted by Crippen LogP contribution is 2.26. The number of rotatable bonds is 6. The van der Waals surface area contributed by atoms with Crippen LogP contribution in [0.15, 0.2) is 35.3 Å². The van der Waals surface area contributed by atoms with Crippen molar-refractivity contribution in [1.82, 2.24) is 10.2 Å². The Morgan fingerprint density at radius 3 is 2.73 bits per heavy atom. The molecular formula is C20H32IN3O2. The van der Waals surface area contributed by atoms with Crippen LogP contribution >= 0.6 is 24.0 Å². The van der Waals surface area contributed by atoms with Gasteiger partial charge in [0.1, 0.15) is 0 Å². The summed E-state index contributed by atoms with van der Waals surface area (Å²) in [6.45, 7) is 5.50. The molecule has 1 N–H and O–H groups in total. The van der Waals surface area contributed by atoms with Crippen molar-refractivity contribution in [3.63, 3.8) is 0 Å². The number of ether oxygens (including phenoxy) is 2. The molecule has 1 aromatic carbocycles. The highest BCUT2D eigenvalue weighted by atomic mass is 127. The Morgan fingerprint density at radius 1 is 1.23 bits per heavy atom. The van der Waals surface area contributed by atoms with Crippen molar-refractivity contribution in [2.24, 2.45) is 4.99 Å². The molecular weight excluding hydrogens is 441 g/mol. The highest BCUT2D eigenvalue weighted by molar-refractivity contribution is 14.0. The van der Waals surface area contributed by atoms with Crippen LogP contribution in [0.2, 0.25) is 0 Å². The van der Waals surface area contributed by atoms with E-state index >= 15 is 0 Å². The second-order valence-electron chi connectivity index (χ2n) is 6.85. The lowest BCUT2D eigenvalue weighted by Gasteiger charge is -2.23. The largest absolute Gasteiger partial charge is 0.381 e. The number of halogens is 1. The summed E-state index contributed by atoms with van der Waals surface area (Å²) in [7, 11) is 1.87. The van der Waals surface area contributed by atoms with Crippen molar-refractivity contribution in [3.05, 3.63) is 35.9 Å². The number of guanidine groups is 1. The molecule has 0 saturated carbocycles. The maximum atomic E-state index is 5.93. The Labute approximate surface area is 174 Å². The van der Waals surface area contributed by atoms with Crippen LogP contribution in [0, 0.1) is 0 Å². The number of nitrogens with zero attached hydrogens (tertiary/aromatic N) is 2. The monoisotopic (exact) mass is 473 g/mol. The van der Waals surface area contributed by atoms with Crippen LogP contribution in [0.25, 0.3) is 0 Å². The van der Waals surface area contributed by atoms with Gasteiger partial charge in [-0.15, -0.1) is 24.0 Å². The van der Waals surface area contributed by atoms with E-state index in [1.165, 1.54) is 12.0 Å². The second-order valence-corrected chi connectivity index (χ2v) is 6.85. The molecule has 26 heavy (non-hydrogen) atoms. The van der Waals surface area contributed by atoms with E-state index < -0.39 is 0 Å². The fourth-order valence-electron chi connectivity index (χ4n) is 3.65. The molecule has 5 nitrogen and oxygen atoms in total. The smallest absolute Gasteiger partial charge is 0.193 e. The maximum absolute atomic E-state index is 5.93. The standard InChI is InChI=1S/C20H31N3O2.HI/c1-21-20(22-11-5-13-25-19-9-14-24-15-10-19)23-12-8-18(16-23)17-6-3-2-4-7-17;/h2-4,6-7,18-19H,5,8-16H2,1H3,(H,21,22);1H. The molecule has 1 aromatic rings. The lowest BCUT2D eigenvalue weighted by Crippen LogP contribution is -2.40. The predicted molar refractivity (Wildman–Crippen MR) is 117 cm³/mol. The molecule has 0 aromatic heterocycles. The van der Waals surface area contributed by atoms with Crippen molar-refractivity contribution >= 4 is 29.9 Å². The third-order valence-electron chi connectivity index (χ3n) is 5.10. The first-order chi connectivity index (χ1) is 12.4. The first-order valence-electron chi connectivity index (χ1n) is 9.56. The Kier molecular flexibility index (Phi) is 9.71. The number of nitrogens with one attached hydrogen (secondary N) is 1. The van der Waals surface area contributed by atoms with Gasteiger partial charge in [0.2, 0.25) is 0 Å². The molecule has 6 heteroatoms. The molecule has 3 rings (SSSR count). The Morgan fingerprint density at radius 2 is 2.00 bits per heavy atom. The van der Waals surface area contributed by atoms with E-state index in [0.29, 0.717) is 12.0 Å². The number of likely N-dealkylation sites (tertiary alicyclic amines) is 1. The van der Waals surface area contributed by atoms with E-state index in [1.54, 1.807) is 0 Å². The van der Waals surface area contributed by atoms with Gasteiger partial charge >= 0.3 is 0 Å². The molecule has 2 heterocycles. The summed E-state index contributed by atoms with van der Waals surface area (Å²) in [6, 6.07) is 10.8. The first kappa shape index (κ1) is 21.4. The normalized spacial score (nSPS) is 21.5. The van der Waals surface area contributed by atoms with Crippen LogP contribution < -0.4 is 5.32 Å². The summed E-state index contributed by atoms with van der Waals surface area (Å²) in [5.74, 6) is 1.63. The van der Waals surface area contributed by atoms with Crippen molar-refractivity contribution in [3.8, 4) is 0 Å². The fourth-order valence-corrected chi connectivity index (χ4v) is 3.65. The molecule has 2 saturated heterocycles. The molecule has 2 aliphatic rings. The summed E-state index contributed by atoms with van der Waals surface area (Å²) in [5.41, 5.74) is 1.44. The minimum absolute atomic E-state index is 0. The zero-order valence-corrected chi connectivity index (χ0v) is 18.1. The first-order valence-corrected chi connectivity index (χ1v) is 9.56. The van der Waals surface area contributed by atoms with E-state index in [4.69, 9.17) is 9.47 Å². The van der Waals surface area contributed by atoms with E-state index in [2.05, 4.69) is 45.5 Å². The Balaban J connectivity index is 0.00000243. The Bertz CT molecular complexity index is 535. The van der Waals surface area contributed by atoms with Gasteiger partial charge in [-0.25, -0.2) is 0 Å². The van der Waals surface area contributed by atoms with Gasteiger partial charge in [-0.05, 0) is 31.2 Å². The molecule has 146 valence electrons. The van der Waals surface area contributed by atoms with Crippen LogP contribution in [0.3, 0.4) is 0 Å². The van der Waals surface area contributed by atoms with Crippen LogP contribution in [-0.4, -0.2) is 63.5 Å². The maximum Gasteiger partial charge on any atom is 0.193 e. The molecule has 1 unspecified atom stereocenters. The van der Waals surface area contributed by atoms with Gasteiger partial charge in [-0.1, -0.05) is 30.3 Å².